The molecule has 0 bridgehead atoms. The van der Waals surface area contributed by atoms with Gasteiger partial charge in [0.2, 0.25) is 0 Å². The highest BCUT2D eigenvalue weighted by Gasteiger charge is 2.22. The summed E-state index contributed by atoms with van der Waals surface area (Å²) in [7, 11) is 0. The van der Waals surface area contributed by atoms with E-state index in [4.69, 9.17) is 10.5 Å². The topological polar surface area (TPSA) is 74.3 Å². The Morgan fingerprint density at radius 2 is 1.81 bits per heavy atom. The van der Waals surface area contributed by atoms with Crippen LogP contribution in [0.4, 0.5) is 0 Å². The lowest BCUT2D eigenvalue weighted by Gasteiger charge is -2.09. The summed E-state index contributed by atoms with van der Waals surface area (Å²) in [6.45, 7) is 6.08. The number of aromatic nitrogens is 1. The highest BCUT2D eigenvalue weighted by molar-refractivity contribution is 7.09. The van der Waals surface area contributed by atoms with Gasteiger partial charge in [0, 0.05) is 35.3 Å². The minimum atomic E-state index is -0.440. The van der Waals surface area contributed by atoms with Gasteiger partial charge < -0.3 is 15.0 Å². The van der Waals surface area contributed by atoms with E-state index < -0.39 is 5.91 Å². The third-order valence-electron chi connectivity index (χ3n) is 4.60. The predicted octanol–water partition coefficient (Wildman–Crippen LogP) is 4.10. The Morgan fingerprint density at radius 1 is 1.11 bits per heavy atom. The van der Waals surface area contributed by atoms with Crippen molar-refractivity contribution in [2.75, 3.05) is 0 Å². The zero-order valence-corrected chi connectivity index (χ0v) is 16.4. The first-order chi connectivity index (χ1) is 12.9. The van der Waals surface area contributed by atoms with E-state index in [9.17, 15) is 9.59 Å². The van der Waals surface area contributed by atoms with Crippen LogP contribution >= 0.6 is 11.3 Å². The number of thiophene rings is 1. The molecule has 0 radical (unpaired) electrons. The van der Waals surface area contributed by atoms with E-state index in [0.717, 1.165) is 35.5 Å². The number of ether oxygens (including phenoxy) is 1. The molecule has 1 amide bonds. The maximum Gasteiger partial charge on any atom is 0.308 e. The quantitative estimate of drug-likeness (QED) is 0.515. The van der Waals surface area contributed by atoms with Crippen LogP contribution in [0.15, 0.2) is 41.8 Å². The molecule has 6 heteroatoms. The van der Waals surface area contributed by atoms with E-state index in [1.807, 2.05) is 32.0 Å². The van der Waals surface area contributed by atoms with Gasteiger partial charge in [0.15, 0.2) is 0 Å². The fourth-order valence-corrected chi connectivity index (χ4v) is 4.10. The van der Waals surface area contributed by atoms with Crippen molar-refractivity contribution in [3.8, 4) is 16.9 Å². The van der Waals surface area contributed by atoms with Gasteiger partial charge in [-0.15, -0.1) is 11.3 Å². The number of nitrogens with zero attached hydrogens (tertiary/aromatic N) is 1. The lowest BCUT2D eigenvalue weighted by molar-refractivity contribution is -0.131. The first-order valence-electron chi connectivity index (χ1n) is 8.69. The summed E-state index contributed by atoms with van der Waals surface area (Å²) in [6.07, 6.45) is 0.900. The summed E-state index contributed by atoms with van der Waals surface area (Å²) in [5.41, 5.74) is 9.82. The van der Waals surface area contributed by atoms with Gasteiger partial charge in [-0.2, -0.15) is 0 Å². The maximum absolute atomic E-state index is 12.2. The number of nitrogens with two attached hydrogens (primary N) is 1. The van der Waals surface area contributed by atoms with Crippen molar-refractivity contribution in [2.24, 2.45) is 5.73 Å². The minimum absolute atomic E-state index is 0.368. The van der Waals surface area contributed by atoms with E-state index in [1.54, 1.807) is 23.5 Å². The fraction of sp³-hybridized carbons (Fsp3) is 0.238. The third kappa shape index (κ3) is 3.95. The fourth-order valence-electron chi connectivity index (χ4n) is 3.41. The highest BCUT2D eigenvalue weighted by Crippen LogP contribution is 2.33. The number of hydrogen-bond donors (Lipinski definition) is 1. The van der Waals surface area contributed by atoms with Crippen LogP contribution in [0, 0.1) is 13.8 Å². The van der Waals surface area contributed by atoms with Gasteiger partial charge in [0.05, 0.1) is 5.56 Å². The predicted molar refractivity (Wildman–Crippen MR) is 107 cm³/mol. The summed E-state index contributed by atoms with van der Waals surface area (Å²) in [5, 5.41) is 2.07. The zero-order valence-electron chi connectivity index (χ0n) is 15.6. The molecule has 3 aromatic rings. The molecule has 0 saturated heterocycles. The van der Waals surface area contributed by atoms with Crippen LogP contribution in [0.1, 0.15) is 33.5 Å². The van der Waals surface area contributed by atoms with Crippen molar-refractivity contribution in [3.63, 3.8) is 0 Å². The summed E-state index contributed by atoms with van der Waals surface area (Å²) in [4.78, 5) is 24.6. The van der Waals surface area contributed by atoms with Crippen molar-refractivity contribution < 1.29 is 14.3 Å². The van der Waals surface area contributed by atoms with Crippen LogP contribution in [0.3, 0.4) is 0 Å². The Labute approximate surface area is 162 Å². The van der Waals surface area contributed by atoms with Gasteiger partial charge >= 0.3 is 5.97 Å². The van der Waals surface area contributed by atoms with Gasteiger partial charge in [0.25, 0.3) is 5.91 Å². The van der Waals surface area contributed by atoms with E-state index in [-0.39, 0.29) is 5.97 Å². The average molecular weight is 382 g/mol. The molecule has 0 aliphatic carbocycles. The SMILES string of the molecule is CC(=O)Oc1ccc(-c2c(C(N)=O)c(C)n(CCc3cccs3)c2C)cc1. The Balaban J connectivity index is 1.99. The number of benzene rings is 1. The van der Waals surface area contributed by atoms with Crippen LogP contribution < -0.4 is 10.5 Å². The lowest BCUT2D eigenvalue weighted by Crippen LogP contribution is -2.13. The molecule has 2 N–H and O–H groups in total. The highest BCUT2D eigenvalue weighted by atomic mass is 32.1. The van der Waals surface area contributed by atoms with Crippen molar-refractivity contribution in [1.82, 2.24) is 4.57 Å². The molecule has 3 rings (SSSR count). The number of amides is 1. The first kappa shape index (κ1) is 18.9. The molecule has 0 fully saturated rings. The summed E-state index contributed by atoms with van der Waals surface area (Å²) < 4.78 is 7.24. The molecule has 0 aliphatic rings. The number of esters is 1. The first-order valence-corrected chi connectivity index (χ1v) is 9.57. The van der Waals surface area contributed by atoms with Crippen LogP contribution in [-0.2, 0) is 17.8 Å². The number of primary amides is 1. The normalized spacial score (nSPS) is 10.8. The summed E-state index contributed by atoms with van der Waals surface area (Å²) in [5.74, 6) is -0.338. The molecule has 0 aliphatic heterocycles. The van der Waals surface area contributed by atoms with Crippen LogP contribution in [0.25, 0.3) is 11.1 Å². The molecule has 0 spiro atoms. The van der Waals surface area contributed by atoms with Crippen molar-refractivity contribution in [1.29, 1.82) is 0 Å². The van der Waals surface area contributed by atoms with Crippen molar-refractivity contribution >= 4 is 23.2 Å². The lowest BCUT2D eigenvalue weighted by atomic mass is 10.00. The molecule has 2 heterocycles. The van der Waals surface area contributed by atoms with Gasteiger partial charge in [-0.1, -0.05) is 18.2 Å². The smallest absolute Gasteiger partial charge is 0.308 e. The molecular weight excluding hydrogens is 360 g/mol. The standard InChI is InChI=1S/C21H22N2O3S/c1-13-19(16-6-8-17(9-7-16)26-15(3)24)20(21(22)25)14(2)23(13)11-10-18-5-4-12-27-18/h4-9,12H,10-11H2,1-3H3,(H2,22,25). The van der Waals surface area contributed by atoms with E-state index in [2.05, 4.69) is 16.0 Å². The van der Waals surface area contributed by atoms with Gasteiger partial charge in [0.1, 0.15) is 5.75 Å². The molecule has 27 heavy (non-hydrogen) atoms. The molecule has 0 saturated carbocycles. The largest absolute Gasteiger partial charge is 0.427 e. The van der Waals surface area contributed by atoms with Gasteiger partial charge in [-0.3, -0.25) is 9.59 Å². The summed E-state index contributed by atoms with van der Waals surface area (Å²) >= 11 is 1.73. The second kappa shape index (κ2) is 7.80. The number of carbonyl (C=O) groups is 2. The summed E-state index contributed by atoms with van der Waals surface area (Å²) in [6, 6.07) is 11.3. The van der Waals surface area contributed by atoms with E-state index >= 15 is 0 Å². The molecule has 0 atom stereocenters. The average Bonchev–Trinajstić information content (AvgIpc) is 3.20. The van der Waals surface area contributed by atoms with E-state index in [1.165, 1.54) is 11.8 Å². The maximum atomic E-state index is 12.2. The Hall–Kier alpha value is -2.86. The molecule has 0 unspecified atom stereocenters. The number of hydrogen-bond acceptors (Lipinski definition) is 4. The molecule has 2 aromatic heterocycles. The van der Waals surface area contributed by atoms with Crippen LogP contribution in [0.5, 0.6) is 5.75 Å². The number of aryl methyl sites for hydroxylation is 1. The Morgan fingerprint density at radius 3 is 2.37 bits per heavy atom. The molecule has 140 valence electrons. The Bertz CT molecular complexity index is 970. The van der Waals surface area contributed by atoms with Crippen LogP contribution in [0.2, 0.25) is 0 Å². The van der Waals surface area contributed by atoms with Crippen molar-refractivity contribution in [3.05, 3.63) is 63.6 Å². The van der Waals surface area contributed by atoms with Gasteiger partial charge in [-0.25, -0.2) is 0 Å². The zero-order chi connectivity index (χ0) is 19.6. The number of rotatable bonds is 6. The minimum Gasteiger partial charge on any atom is -0.427 e. The molecule has 1 aromatic carbocycles. The van der Waals surface area contributed by atoms with Crippen molar-refractivity contribution in [2.45, 2.75) is 33.7 Å². The molecular formula is C21H22N2O3S. The van der Waals surface area contributed by atoms with Gasteiger partial charge in [-0.05, 0) is 49.4 Å². The second-order valence-electron chi connectivity index (χ2n) is 6.38. The number of carbonyl (C=O) groups excluding carboxylic acids is 2. The van der Waals surface area contributed by atoms with Crippen LogP contribution in [-0.4, -0.2) is 16.4 Å². The van der Waals surface area contributed by atoms with E-state index in [0.29, 0.717) is 11.3 Å². The molecule has 5 nitrogen and oxygen atoms in total. The second-order valence-corrected chi connectivity index (χ2v) is 7.42. The monoisotopic (exact) mass is 382 g/mol. The Kier molecular flexibility index (Phi) is 5.46. The third-order valence-corrected chi connectivity index (χ3v) is 5.53.